The number of hydrogen-bond acceptors (Lipinski definition) is 3. The SMILES string of the molecule is Cn1c2ccccc2c2c3ccc4c(ccc5c6ccccc6n(-c6ccccc6)c45)c3ccc21.N=c1c2ccccc2oc2cccc(N)c12. The monoisotopic (exact) mass is 656 g/mol. The van der Waals surface area contributed by atoms with Crippen molar-refractivity contribution >= 4 is 92.8 Å². The second-order valence-electron chi connectivity index (χ2n) is 13.1. The maximum absolute atomic E-state index is 8.13. The third-order valence-electron chi connectivity index (χ3n) is 10.4. The normalized spacial score (nSPS) is 11.8. The number of benzene rings is 8. The molecule has 5 heteroatoms. The molecule has 3 heterocycles. The van der Waals surface area contributed by atoms with Gasteiger partial charge in [0.15, 0.2) is 0 Å². The van der Waals surface area contributed by atoms with Crippen LogP contribution in [0.3, 0.4) is 0 Å². The third kappa shape index (κ3) is 4.25. The molecule has 5 nitrogen and oxygen atoms in total. The summed E-state index contributed by atoms with van der Waals surface area (Å²) in [6, 6.07) is 55.0. The van der Waals surface area contributed by atoms with Gasteiger partial charge in [-0.3, -0.25) is 5.41 Å². The predicted molar refractivity (Wildman–Crippen MR) is 214 cm³/mol. The van der Waals surface area contributed by atoms with Crippen LogP contribution in [0.25, 0.3) is 92.8 Å². The number of nitrogens with one attached hydrogen (secondary N) is 1. The number of fused-ring (bicyclic) bond motifs is 13. The number of nitrogens with two attached hydrogens (primary N) is 1. The highest BCUT2D eigenvalue weighted by Crippen LogP contribution is 2.41. The Kier molecular flexibility index (Phi) is 6.33. The Morgan fingerprint density at radius 3 is 1.86 bits per heavy atom. The van der Waals surface area contributed by atoms with Crippen LogP contribution in [0.4, 0.5) is 5.69 Å². The molecule has 0 radical (unpaired) electrons. The Hall–Kier alpha value is -6.85. The summed E-state index contributed by atoms with van der Waals surface area (Å²) in [4.78, 5) is 0. The van der Waals surface area contributed by atoms with Crippen LogP contribution >= 0.6 is 0 Å². The van der Waals surface area contributed by atoms with Crippen LogP contribution in [0.15, 0.2) is 162 Å². The van der Waals surface area contributed by atoms with Crippen molar-refractivity contribution in [2.45, 2.75) is 0 Å². The van der Waals surface area contributed by atoms with E-state index in [-0.39, 0.29) is 0 Å². The van der Waals surface area contributed by atoms with Crippen molar-refractivity contribution < 1.29 is 4.42 Å². The Morgan fingerprint density at radius 2 is 1.04 bits per heavy atom. The third-order valence-corrected chi connectivity index (χ3v) is 10.4. The first-order valence-electron chi connectivity index (χ1n) is 17.1. The minimum atomic E-state index is 0.426. The highest BCUT2D eigenvalue weighted by molar-refractivity contribution is 6.28. The lowest BCUT2D eigenvalue weighted by Gasteiger charge is -2.12. The number of nitrogens with zero attached hydrogens (tertiary/aromatic N) is 2. The molecule has 11 aromatic rings. The summed E-state index contributed by atoms with van der Waals surface area (Å²) >= 11 is 0. The molecule has 242 valence electrons. The molecule has 0 bridgehead atoms. The van der Waals surface area contributed by atoms with Crippen molar-refractivity contribution in [3.8, 4) is 5.69 Å². The van der Waals surface area contributed by atoms with Crippen molar-refractivity contribution in [3.63, 3.8) is 0 Å². The molecule has 0 saturated carbocycles. The molecule has 8 aromatic carbocycles. The van der Waals surface area contributed by atoms with Crippen LogP contribution in [-0.4, -0.2) is 9.13 Å². The van der Waals surface area contributed by atoms with Crippen molar-refractivity contribution in [1.82, 2.24) is 9.13 Å². The molecule has 0 atom stereocenters. The number of rotatable bonds is 1. The molecule has 0 spiro atoms. The molecule has 51 heavy (non-hydrogen) atoms. The molecule has 3 N–H and O–H groups in total. The van der Waals surface area contributed by atoms with Gasteiger partial charge in [0.05, 0.1) is 21.8 Å². The lowest BCUT2D eigenvalue weighted by molar-refractivity contribution is 0.659. The van der Waals surface area contributed by atoms with E-state index in [0.717, 1.165) is 5.39 Å². The molecule has 0 saturated heterocycles. The van der Waals surface area contributed by atoms with Crippen LogP contribution in [0, 0.1) is 5.41 Å². The second kappa shape index (κ2) is 11.1. The predicted octanol–water partition coefficient (Wildman–Crippen LogP) is 11.4. The molecule has 0 unspecified atom stereocenters. The Labute approximate surface area is 292 Å². The second-order valence-corrected chi connectivity index (χ2v) is 13.1. The summed E-state index contributed by atoms with van der Waals surface area (Å²) < 4.78 is 10.4. The minimum absolute atomic E-state index is 0.426. The van der Waals surface area contributed by atoms with Gasteiger partial charge in [-0.05, 0) is 70.8 Å². The summed E-state index contributed by atoms with van der Waals surface area (Å²) in [6.07, 6.45) is 0. The lowest BCUT2D eigenvalue weighted by atomic mass is 9.96. The van der Waals surface area contributed by atoms with Gasteiger partial charge in [0, 0.05) is 61.8 Å². The van der Waals surface area contributed by atoms with Crippen LogP contribution in [0.2, 0.25) is 0 Å². The van der Waals surface area contributed by atoms with Crippen LogP contribution in [0.5, 0.6) is 0 Å². The van der Waals surface area contributed by atoms with Crippen molar-refractivity contribution in [2.24, 2.45) is 7.05 Å². The molecule has 0 amide bonds. The molecule has 0 fully saturated rings. The van der Waals surface area contributed by atoms with E-state index >= 15 is 0 Å². The zero-order valence-corrected chi connectivity index (χ0v) is 27.9. The maximum Gasteiger partial charge on any atom is 0.138 e. The molecule has 3 aromatic heterocycles. The molecule has 0 aliphatic rings. The first-order chi connectivity index (χ1) is 25.1. The number of aryl methyl sites for hydroxylation is 1. The van der Waals surface area contributed by atoms with Gasteiger partial charge in [0.2, 0.25) is 0 Å². The highest BCUT2D eigenvalue weighted by atomic mass is 16.3. The van der Waals surface area contributed by atoms with E-state index in [1.54, 1.807) is 6.07 Å². The number of aromatic nitrogens is 2. The van der Waals surface area contributed by atoms with Crippen LogP contribution < -0.4 is 11.1 Å². The van der Waals surface area contributed by atoms with Gasteiger partial charge in [-0.1, -0.05) is 103 Å². The van der Waals surface area contributed by atoms with E-state index in [1.807, 2.05) is 36.4 Å². The largest absolute Gasteiger partial charge is 0.456 e. The highest BCUT2D eigenvalue weighted by Gasteiger charge is 2.17. The average Bonchev–Trinajstić information content (AvgIpc) is 3.67. The van der Waals surface area contributed by atoms with E-state index in [2.05, 4.69) is 131 Å². The maximum atomic E-state index is 8.13. The van der Waals surface area contributed by atoms with Gasteiger partial charge in [-0.15, -0.1) is 0 Å². The molecular formula is C46H32N4O. The molecule has 0 aliphatic carbocycles. The smallest absolute Gasteiger partial charge is 0.138 e. The Morgan fingerprint density at radius 1 is 0.451 bits per heavy atom. The van der Waals surface area contributed by atoms with E-state index < -0.39 is 0 Å². The molecule has 0 aliphatic heterocycles. The standard InChI is InChI=1S/C33H22N2.C13H10N2O/c1-34-29-13-7-6-12-28(29)32-25-16-18-26-23(22(25)19-20-31(32)34)15-17-27-24-11-5-8-14-30(24)35(33(26)27)21-9-3-2-4-10-21;14-9-5-3-7-11-12(9)13(15)8-4-1-2-6-10(8)16-11/h2-20H,1H3;1-7,15H,14H2. The summed E-state index contributed by atoms with van der Waals surface area (Å²) in [6.45, 7) is 0. The summed E-state index contributed by atoms with van der Waals surface area (Å²) in [7, 11) is 2.17. The van der Waals surface area contributed by atoms with Crippen LogP contribution in [0.1, 0.15) is 0 Å². The topological polar surface area (TPSA) is 72.9 Å². The number of hydrogen-bond donors (Lipinski definition) is 2. The first-order valence-corrected chi connectivity index (χ1v) is 17.1. The van der Waals surface area contributed by atoms with E-state index in [4.69, 9.17) is 15.6 Å². The zero-order chi connectivity index (χ0) is 34.2. The zero-order valence-electron chi connectivity index (χ0n) is 27.9. The van der Waals surface area contributed by atoms with Crippen molar-refractivity contribution in [3.05, 3.63) is 163 Å². The van der Waals surface area contributed by atoms with Gasteiger partial charge in [0.25, 0.3) is 0 Å². The van der Waals surface area contributed by atoms with Gasteiger partial charge < -0.3 is 19.3 Å². The van der Waals surface area contributed by atoms with Gasteiger partial charge >= 0.3 is 0 Å². The van der Waals surface area contributed by atoms with Gasteiger partial charge in [-0.25, -0.2) is 0 Å². The Balaban J connectivity index is 0.000000171. The van der Waals surface area contributed by atoms with E-state index in [9.17, 15) is 0 Å². The quantitative estimate of drug-likeness (QED) is 0.105. The van der Waals surface area contributed by atoms with E-state index in [0.29, 0.717) is 27.6 Å². The summed E-state index contributed by atoms with van der Waals surface area (Å²) in [5, 5.41) is 20.5. The van der Waals surface area contributed by atoms with Gasteiger partial charge in [-0.2, -0.15) is 0 Å². The Bertz CT molecular complexity index is 3240. The van der Waals surface area contributed by atoms with E-state index in [1.165, 1.54) is 70.8 Å². The van der Waals surface area contributed by atoms with Gasteiger partial charge in [0.1, 0.15) is 11.2 Å². The summed E-state index contributed by atoms with van der Waals surface area (Å²) in [5.41, 5.74) is 14.1. The molecular weight excluding hydrogens is 625 g/mol. The number of anilines is 1. The lowest BCUT2D eigenvalue weighted by Crippen LogP contribution is -2.05. The first kappa shape index (κ1) is 29.1. The minimum Gasteiger partial charge on any atom is -0.456 e. The van der Waals surface area contributed by atoms with Crippen molar-refractivity contribution in [2.75, 3.05) is 5.73 Å². The fourth-order valence-electron chi connectivity index (χ4n) is 8.10. The number of nitrogen functional groups attached to an aromatic ring is 1. The average molecular weight is 657 g/mol. The fraction of sp³-hybridized carbons (Fsp3) is 0.0217. The molecule has 11 rings (SSSR count). The van der Waals surface area contributed by atoms with Crippen LogP contribution in [-0.2, 0) is 7.05 Å². The summed E-state index contributed by atoms with van der Waals surface area (Å²) in [5.74, 6) is 0. The van der Waals surface area contributed by atoms with Crippen molar-refractivity contribution in [1.29, 1.82) is 5.41 Å². The fourth-order valence-corrected chi connectivity index (χ4v) is 8.10. The number of para-hydroxylation sites is 4.